The molecule has 0 unspecified atom stereocenters. The van der Waals surface area contributed by atoms with Crippen molar-refractivity contribution in [3.05, 3.63) is 51.9 Å². The quantitative estimate of drug-likeness (QED) is 0.450. The molecule has 1 aliphatic heterocycles. The second kappa shape index (κ2) is 10.8. The van der Waals surface area contributed by atoms with E-state index in [0.717, 1.165) is 0 Å². The lowest BCUT2D eigenvalue weighted by Gasteiger charge is -2.36. The zero-order chi connectivity index (χ0) is 26.7. The molecular weight excluding hydrogens is 500 g/mol. The Morgan fingerprint density at radius 3 is 2.32 bits per heavy atom. The van der Waals surface area contributed by atoms with Gasteiger partial charge in [0.15, 0.2) is 5.11 Å². The highest BCUT2D eigenvalue weighted by atomic mass is 32.1. The van der Waals surface area contributed by atoms with Crippen LogP contribution in [0.1, 0.15) is 27.6 Å². The van der Waals surface area contributed by atoms with E-state index >= 15 is 0 Å². The molecular formula is C24H26N6O6S. The highest BCUT2D eigenvalue weighted by Gasteiger charge is 2.24. The van der Waals surface area contributed by atoms with Gasteiger partial charge in [0.05, 0.1) is 19.6 Å². The number of carboxylic acids is 1. The number of aromatic nitrogens is 3. The first kappa shape index (κ1) is 25.8. The number of carboxylic acid groups (broad SMARTS) is 1. The van der Waals surface area contributed by atoms with Crippen LogP contribution in [0.2, 0.25) is 0 Å². The molecule has 1 amide bonds. The van der Waals surface area contributed by atoms with Gasteiger partial charge in [-0.3, -0.25) is 14.9 Å². The Labute approximate surface area is 217 Å². The van der Waals surface area contributed by atoms with E-state index < -0.39 is 11.4 Å². The van der Waals surface area contributed by atoms with Gasteiger partial charge in [-0.15, -0.1) is 0 Å². The molecule has 1 fully saturated rings. The summed E-state index contributed by atoms with van der Waals surface area (Å²) in [7, 11) is 3.02. The van der Waals surface area contributed by atoms with E-state index in [4.69, 9.17) is 21.7 Å². The average Bonchev–Trinajstić information content (AvgIpc) is 2.92. The van der Waals surface area contributed by atoms with Gasteiger partial charge in [-0.1, -0.05) is 0 Å². The van der Waals surface area contributed by atoms with Crippen molar-refractivity contribution >= 4 is 46.2 Å². The first-order valence-corrected chi connectivity index (χ1v) is 11.9. The molecule has 4 rings (SSSR count). The number of anilines is 1. The Hall–Kier alpha value is -4.26. The number of carbonyl (C=O) groups is 2. The number of thiocarbonyl (C=S) groups is 1. The third-order valence-corrected chi connectivity index (χ3v) is 6.42. The molecule has 37 heavy (non-hydrogen) atoms. The lowest BCUT2D eigenvalue weighted by molar-refractivity contribution is 0.0694. The Bertz CT molecular complexity index is 1410. The molecule has 0 aliphatic carbocycles. The molecule has 3 heterocycles. The van der Waals surface area contributed by atoms with Crippen LogP contribution in [-0.2, 0) is 6.54 Å². The number of hydrogen-bond acceptors (Lipinski definition) is 9. The number of nitrogens with one attached hydrogen (secondary N) is 1. The number of aryl methyl sites for hydroxylation is 1. The van der Waals surface area contributed by atoms with Crippen molar-refractivity contribution in [3.8, 4) is 11.5 Å². The number of amides is 1. The predicted octanol–water partition coefficient (Wildman–Crippen LogP) is 1.36. The second-order valence-corrected chi connectivity index (χ2v) is 8.59. The van der Waals surface area contributed by atoms with Gasteiger partial charge in [0, 0.05) is 56.7 Å². The fourth-order valence-electron chi connectivity index (χ4n) is 4.01. The molecule has 0 spiro atoms. The summed E-state index contributed by atoms with van der Waals surface area (Å²) >= 11 is 5.47. The van der Waals surface area contributed by atoms with E-state index in [1.165, 1.54) is 26.6 Å². The van der Waals surface area contributed by atoms with Crippen LogP contribution in [0.25, 0.3) is 11.0 Å². The normalized spacial score (nSPS) is 13.4. The SMILES string of the molecule is CCn1cc(C(=O)O)c(=O)c2cnc(N3CCN(C(=S)NC(=O)c4cc(OC)cc(OC)c4)CC3)nc21. The maximum atomic E-state index is 12.8. The van der Waals surface area contributed by atoms with Crippen LogP contribution in [0, 0.1) is 0 Å². The highest BCUT2D eigenvalue weighted by molar-refractivity contribution is 7.80. The monoisotopic (exact) mass is 526 g/mol. The van der Waals surface area contributed by atoms with E-state index in [-0.39, 0.29) is 16.9 Å². The number of aromatic carboxylic acids is 1. The summed E-state index contributed by atoms with van der Waals surface area (Å²) < 4.78 is 12.1. The molecule has 0 atom stereocenters. The summed E-state index contributed by atoms with van der Waals surface area (Å²) in [6.07, 6.45) is 2.68. The number of carbonyl (C=O) groups excluding carboxylic acids is 1. The summed E-state index contributed by atoms with van der Waals surface area (Å²) in [4.78, 5) is 49.4. The molecule has 194 valence electrons. The van der Waals surface area contributed by atoms with Gasteiger partial charge in [0.1, 0.15) is 22.7 Å². The Morgan fingerprint density at radius 1 is 1.11 bits per heavy atom. The number of piperazine rings is 1. The summed E-state index contributed by atoms with van der Waals surface area (Å²) in [5.41, 5.74) is -0.197. The summed E-state index contributed by atoms with van der Waals surface area (Å²) in [5, 5.41) is 12.5. The van der Waals surface area contributed by atoms with Crippen molar-refractivity contribution in [1.29, 1.82) is 0 Å². The average molecular weight is 527 g/mol. The van der Waals surface area contributed by atoms with Gasteiger partial charge < -0.3 is 28.9 Å². The number of hydrogen-bond donors (Lipinski definition) is 2. The second-order valence-electron chi connectivity index (χ2n) is 8.21. The number of nitrogens with zero attached hydrogens (tertiary/aromatic N) is 5. The van der Waals surface area contributed by atoms with Crippen molar-refractivity contribution in [3.63, 3.8) is 0 Å². The molecule has 0 bridgehead atoms. The van der Waals surface area contributed by atoms with Gasteiger partial charge >= 0.3 is 5.97 Å². The van der Waals surface area contributed by atoms with Crippen LogP contribution in [0.4, 0.5) is 5.95 Å². The van der Waals surface area contributed by atoms with Crippen molar-refractivity contribution in [1.82, 2.24) is 24.8 Å². The minimum absolute atomic E-state index is 0.155. The molecule has 0 saturated carbocycles. The summed E-state index contributed by atoms with van der Waals surface area (Å²) in [6, 6.07) is 4.88. The van der Waals surface area contributed by atoms with Gasteiger partial charge in [0.25, 0.3) is 5.91 Å². The van der Waals surface area contributed by atoms with E-state index in [2.05, 4.69) is 15.3 Å². The molecule has 12 nitrogen and oxygen atoms in total. The molecule has 1 aliphatic rings. The smallest absolute Gasteiger partial charge is 0.341 e. The number of fused-ring (bicyclic) bond motifs is 1. The van der Waals surface area contributed by atoms with E-state index in [1.807, 2.05) is 16.7 Å². The van der Waals surface area contributed by atoms with Crippen LogP contribution in [0.3, 0.4) is 0 Å². The number of methoxy groups -OCH3 is 2. The number of pyridine rings is 1. The number of rotatable bonds is 6. The fraction of sp³-hybridized carbons (Fsp3) is 0.333. The van der Waals surface area contributed by atoms with Crippen molar-refractivity contribution in [2.24, 2.45) is 0 Å². The summed E-state index contributed by atoms with van der Waals surface area (Å²) in [5.74, 6) is -0.252. The molecule has 2 aromatic heterocycles. The molecule has 1 saturated heterocycles. The van der Waals surface area contributed by atoms with Gasteiger partial charge in [-0.25, -0.2) is 9.78 Å². The maximum absolute atomic E-state index is 12.8. The van der Waals surface area contributed by atoms with Crippen molar-refractivity contribution < 1.29 is 24.2 Å². The third kappa shape index (κ3) is 5.31. The van der Waals surface area contributed by atoms with Crippen LogP contribution >= 0.6 is 12.2 Å². The lowest BCUT2D eigenvalue weighted by atomic mass is 10.2. The predicted molar refractivity (Wildman–Crippen MR) is 140 cm³/mol. The Kier molecular flexibility index (Phi) is 7.53. The maximum Gasteiger partial charge on any atom is 0.341 e. The first-order chi connectivity index (χ1) is 17.7. The van der Waals surface area contributed by atoms with Gasteiger partial charge in [-0.05, 0) is 31.3 Å². The van der Waals surface area contributed by atoms with E-state index in [1.54, 1.807) is 22.8 Å². The third-order valence-electron chi connectivity index (χ3n) is 6.06. The van der Waals surface area contributed by atoms with Crippen LogP contribution < -0.4 is 25.1 Å². The zero-order valence-corrected chi connectivity index (χ0v) is 21.4. The molecule has 3 aromatic rings. The van der Waals surface area contributed by atoms with Crippen LogP contribution in [0.15, 0.2) is 35.4 Å². The first-order valence-electron chi connectivity index (χ1n) is 11.5. The van der Waals surface area contributed by atoms with Crippen LogP contribution in [0.5, 0.6) is 11.5 Å². The molecule has 1 aromatic carbocycles. The topological polar surface area (TPSA) is 139 Å². The zero-order valence-electron chi connectivity index (χ0n) is 20.6. The van der Waals surface area contributed by atoms with E-state index in [9.17, 15) is 19.5 Å². The van der Waals surface area contributed by atoms with Gasteiger partial charge in [0.2, 0.25) is 11.4 Å². The Morgan fingerprint density at radius 2 is 1.76 bits per heavy atom. The van der Waals surface area contributed by atoms with Gasteiger partial charge in [-0.2, -0.15) is 4.98 Å². The van der Waals surface area contributed by atoms with Crippen molar-refractivity contribution in [2.45, 2.75) is 13.5 Å². The largest absolute Gasteiger partial charge is 0.497 e. The van der Waals surface area contributed by atoms with Crippen molar-refractivity contribution in [2.75, 3.05) is 45.3 Å². The minimum atomic E-state index is -1.29. The number of ether oxygens (including phenoxy) is 2. The van der Waals surface area contributed by atoms with Crippen LogP contribution in [-0.4, -0.2) is 81.9 Å². The number of benzene rings is 1. The molecule has 13 heteroatoms. The molecule has 0 radical (unpaired) electrons. The highest BCUT2D eigenvalue weighted by Crippen LogP contribution is 2.22. The lowest BCUT2D eigenvalue weighted by Crippen LogP contribution is -2.53. The standard InChI is InChI=1S/C24H26N6O6S/c1-4-28-13-18(22(33)34)19(31)17-12-25-23(26-20(17)28)29-5-7-30(8-6-29)24(37)27-21(32)14-9-15(35-2)11-16(10-14)36-3/h9-13H,4-8H2,1-3H3,(H,33,34)(H,27,32,37). The minimum Gasteiger partial charge on any atom is -0.497 e. The Balaban J connectivity index is 1.45. The summed E-state index contributed by atoms with van der Waals surface area (Å²) in [6.45, 7) is 4.36. The fourth-order valence-corrected chi connectivity index (χ4v) is 4.28. The molecule has 2 N–H and O–H groups in total. The van der Waals surface area contributed by atoms with E-state index in [0.29, 0.717) is 66.5 Å².